The summed E-state index contributed by atoms with van der Waals surface area (Å²) in [6.07, 6.45) is 0.517. The molecule has 10 heteroatoms. The van der Waals surface area contributed by atoms with Crippen molar-refractivity contribution in [1.82, 2.24) is 9.80 Å². The van der Waals surface area contributed by atoms with E-state index < -0.39 is 34.9 Å². The Morgan fingerprint density at radius 3 is 2.50 bits per heavy atom. The molecule has 0 saturated carbocycles. The maximum absolute atomic E-state index is 14.5. The summed E-state index contributed by atoms with van der Waals surface area (Å²) in [5.41, 5.74) is 6.01. The second-order valence-corrected chi connectivity index (χ2v) is 9.11. The molecule has 2 unspecified atom stereocenters. The third-order valence-electron chi connectivity index (χ3n) is 4.95. The number of amides is 1. The average Bonchev–Trinajstić information content (AvgIpc) is 3.15. The van der Waals surface area contributed by atoms with Crippen molar-refractivity contribution in [2.45, 2.75) is 23.9 Å². The number of nitrogens with zero attached hydrogens (tertiary/aromatic N) is 2. The number of hydrogen-bond donors (Lipinski definition) is 1. The van der Waals surface area contributed by atoms with Crippen LogP contribution in [0.5, 0.6) is 0 Å². The molecule has 0 aliphatic carbocycles. The highest BCUT2D eigenvalue weighted by atomic mass is 32.2. The Bertz CT molecular complexity index is 734. The van der Waals surface area contributed by atoms with Gasteiger partial charge >= 0.3 is 0 Å². The van der Waals surface area contributed by atoms with Crippen molar-refractivity contribution in [2.24, 2.45) is 5.73 Å². The molecule has 3 atom stereocenters. The molecule has 154 valence electrons. The summed E-state index contributed by atoms with van der Waals surface area (Å²) >= 11 is 3.20. The summed E-state index contributed by atoms with van der Waals surface area (Å²) < 4.78 is 41.8. The summed E-state index contributed by atoms with van der Waals surface area (Å²) in [4.78, 5) is 27.6. The van der Waals surface area contributed by atoms with Crippen LogP contribution in [-0.2, 0) is 9.59 Å². The highest BCUT2D eigenvalue weighted by Crippen LogP contribution is 2.37. The predicted molar refractivity (Wildman–Crippen MR) is 105 cm³/mol. The van der Waals surface area contributed by atoms with Crippen LogP contribution in [0.4, 0.5) is 13.2 Å². The molecule has 2 aliphatic rings. The minimum Gasteiger partial charge on any atom is -0.339 e. The minimum absolute atomic E-state index is 0.0888. The first kappa shape index (κ1) is 21.5. The summed E-state index contributed by atoms with van der Waals surface area (Å²) in [6, 6.07) is -0.513. The highest BCUT2D eigenvalue weighted by molar-refractivity contribution is 8.00. The number of benzene rings is 1. The van der Waals surface area contributed by atoms with Gasteiger partial charge in [-0.25, -0.2) is 13.2 Å². The quantitative estimate of drug-likeness (QED) is 0.547. The van der Waals surface area contributed by atoms with E-state index in [0.29, 0.717) is 37.7 Å². The van der Waals surface area contributed by atoms with Crippen LogP contribution in [-0.4, -0.2) is 70.3 Å². The number of hydrogen-bond acceptors (Lipinski definition) is 6. The number of halogens is 3. The van der Waals surface area contributed by atoms with E-state index in [9.17, 15) is 22.8 Å². The molecule has 2 fully saturated rings. The van der Waals surface area contributed by atoms with Crippen molar-refractivity contribution >= 4 is 35.7 Å². The Balaban J connectivity index is 1.94. The largest absolute Gasteiger partial charge is 0.339 e. The van der Waals surface area contributed by atoms with Crippen LogP contribution in [0.15, 0.2) is 12.1 Å². The molecule has 2 aliphatic heterocycles. The van der Waals surface area contributed by atoms with Gasteiger partial charge in [-0.15, -0.1) is 11.8 Å². The van der Waals surface area contributed by atoms with Crippen molar-refractivity contribution in [3.63, 3.8) is 0 Å². The summed E-state index contributed by atoms with van der Waals surface area (Å²) in [7, 11) is 0. The third-order valence-corrected chi connectivity index (χ3v) is 7.10. The van der Waals surface area contributed by atoms with Crippen molar-refractivity contribution in [1.29, 1.82) is 0 Å². The molecule has 1 aromatic carbocycles. The van der Waals surface area contributed by atoms with E-state index in [1.807, 2.05) is 0 Å². The lowest BCUT2D eigenvalue weighted by Gasteiger charge is -2.38. The number of thioether (sulfide) groups is 2. The topological polar surface area (TPSA) is 66.6 Å². The van der Waals surface area contributed by atoms with Gasteiger partial charge in [-0.05, 0) is 6.07 Å². The van der Waals surface area contributed by atoms with E-state index in [2.05, 4.69) is 0 Å². The molecule has 0 aromatic heterocycles. The van der Waals surface area contributed by atoms with Crippen molar-refractivity contribution in [2.75, 3.05) is 36.9 Å². The Morgan fingerprint density at radius 1 is 1.14 bits per heavy atom. The fourth-order valence-corrected chi connectivity index (χ4v) is 5.74. The SMILES string of the molecule is N[C@H](CC=O)C(c1cc(F)c(F)cc1F)N1CCSC1C(=O)N1CCSCC1. The molecule has 2 heterocycles. The molecule has 1 aromatic rings. The van der Waals surface area contributed by atoms with Gasteiger partial charge < -0.3 is 15.4 Å². The normalized spacial score (nSPS) is 22.9. The zero-order valence-corrected chi connectivity index (χ0v) is 16.8. The Labute approximate surface area is 170 Å². The molecule has 2 saturated heterocycles. The Hall–Kier alpha value is -1.23. The second-order valence-electron chi connectivity index (χ2n) is 6.70. The van der Waals surface area contributed by atoms with E-state index in [-0.39, 0.29) is 17.9 Å². The van der Waals surface area contributed by atoms with Crippen LogP contribution in [0.1, 0.15) is 18.0 Å². The maximum atomic E-state index is 14.5. The summed E-state index contributed by atoms with van der Waals surface area (Å²) in [5.74, 6) is -1.18. The van der Waals surface area contributed by atoms with Crippen molar-refractivity contribution < 1.29 is 22.8 Å². The van der Waals surface area contributed by atoms with Gasteiger partial charge in [0.15, 0.2) is 11.6 Å². The second kappa shape index (κ2) is 9.51. The van der Waals surface area contributed by atoms with Gasteiger partial charge in [0.05, 0.1) is 6.04 Å². The van der Waals surface area contributed by atoms with Crippen molar-refractivity contribution in [3.05, 3.63) is 35.1 Å². The lowest BCUT2D eigenvalue weighted by Crippen LogP contribution is -2.51. The Morgan fingerprint density at radius 2 is 1.82 bits per heavy atom. The molecule has 28 heavy (non-hydrogen) atoms. The van der Waals surface area contributed by atoms with Crippen molar-refractivity contribution in [3.8, 4) is 0 Å². The van der Waals surface area contributed by atoms with Crippen LogP contribution >= 0.6 is 23.5 Å². The summed E-state index contributed by atoms with van der Waals surface area (Å²) in [6.45, 7) is 1.71. The first-order valence-electron chi connectivity index (χ1n) is 9.01. The molecule has 3 rings (SSSR count). The molecule has 0 bridgehead atoms. The van der Waals surface area contributed by atoms with Crippen LogP contribution in [0.25, 0.3) is 0 Å². The zero-order valence-electron chi connectivity index (χ0n) is 15.2. The molecule has 1 amide bonds. The minimum atomic E-state index is -1.29. The number of aldehydes is 1. The van der Waals surface area contributed by atoms with E-state index in [1.165, 1.54) is 11.8 Å². The van der Waals surface area contributed by atoms with E-state index in [4.69, 9.17) is 5.73 Å². The van der Waals surface area contributed by atoms with E-state index in [1.54, 1.807) is 21.6 Å². The van der Waals surface area contributed by atoms with E-state index in [0.717, 1.165) is 17.6 Å². The van der Waals surface area contributed by atoms with Gasteiger partial charge in [0, 0.05) is 61.0 Å². The van der Waals surface area contributed by atoms with Gasteiger partial charge in [-0.2, -0.15) is 11.8 Å². The van der Waals surface area contributed by atoms with Gasteiger partial charge in [0.2, 0.25) is 5.91 Å². The molecule has 0 spiro atoms. The van der Waals surface area contributed by atoms with E-state index >= 15 is 0 Å². The monoisotopic (exact) mass is 433 g/mol. The molecular formula is C18H22F3N3O2S2. The average molecular weight is 434 g/mol. The maximum Gasteiger partial charge on any atom is 0.250 e. The number of rotatable bonds is 6. The van der Waals surface area contributed by atoms with Crippen LogP contribution < -0.4 is 5.73 Å². The van der Waals surface area contributed by atoms with Gasteiger partial charge in [-0.1, -0.05) is 0 Å². The fourth-order valence-electron chi connectivity index (χ4n) is 3.58. The summed E-state index contributed by atoms with van der Waals surface area (Å²) in [5, 5.41) is -0.599. The first-order valence-corrected chi connectivity index (χ1v) is 11.2. The molecule has 5 nitrogen and oxygen atoms in total. The van der Waals surface area contributed by atoms with Gasteiger partial charge in [0.25, 0.3) is 0 Å². The third kappa shape index (κ3) is 4.50. The van der Waals surface area contributed by atoms with Gasteiger partial charge in [-0.3, -0.25) is 9.69 Å². The molecular weight excluding hydrogens is 411 g/mol. The molecule has 0 radical (unpaired) electrons. The van der Waals surface area contributed by atoms with Crippen LogP contribution in [0.3, 0.4) is 0 Å². The van der Waals surface area contributed by atoms with Gasteiger partial charge in [0.1, 0.15) is 17.5 Å². The number of carbonyl (C=O) groups excluding carboxylic acids is 2. The predicted octanol–water partition coefficient (Wildman–Crippen LogP) is 2.01. The lowest BCUT2D eigenvalue weighted by atomic mass is 9.95. The van der Waals surface area contributed by atoms with Crippen LogP contribution in [0, 0.1) is 17.5 Å². The smallest absolute Gasteiger partial charge is 0.250 e. The van der Waals surface area contributed by atoms with Crippen LogP contribution in [0.2, 0.25) is 0 Å². The highest BCUT2D eigenvalue weighted by Gasteiger charge is 2.42. The first-order chi connectivity index (χ1) is 13.4. The zero-order chi connectivity index (χ0) is 20.3. The lowest BCUT2D eigenvalue weighted by molar-refractivity contribution is -0.133. The Kier molecular flexibility index (Phi) is 7.30. The standard InChI is InChI=1S/C18H22F3N3O2S2/c19-12-10-14(21)13(20)9-11(12)16(15(22)1-5-25)24-4-8-28-18(24)17(26)23-2-6-27-7-3-23/h5,9-10,15-16,18H,1-4,6-8,22H2/t15-,16?,18?/m1/s1. The molecule has 2 N–H and O–H groups in total. The fraction of sp³-hybridized carbons (Fsp3) is 0.556. The number of carbonyl (C=O) groups is 2. The number of nitrogens with two attached hydrogens (primary N) is 1.